The van der Waals surface area contributed by atoms with Crippen molar-refractivity contribution in [2.75, 3.05) is 6.61 Å². The molecule has 0 aliphatic carbocycles. The fourth-order valence-corrected chi connectivity index (χ4v) is 1.90. The first-order chi connectivity index (χ1) is 9.22. The number of carbonyl (C=O) groups excluding carboxylic acids is 2. The minimum atomic E-state index is -0.530. The van der Waals surface area contributed by atoms with Gasteiger partial charge in [-0.3, -0.25) is 9.59 Å². The van der Waals surface area contributed by atoms with Gasteiger partial charge in [0.2, 0.25) is 0 Å². The first-order valence-electron chi connectivity index (χ1n) is 6.00. The van der Waals surface area contributed by atoms with Gasteiger partial charge in [0.15, 0.2) is 5.78 Å². The van der Waals surface area contributed by atoms with Gasteiger partial charge >= 0.3 is 5.97 Å². The van der Waals surface area contributed by atoms with Crippen molar-refractivity contribution < 1.29 is 14.3 Å². The Kier molecular flexibility index (Phi) is 4.08. The summed E-state index contributed by atoms with van der Waals surface area (Å²) in [4.78, 5) is 23.5. The van der Waals surface area contributed by atoms with E-state index in [0.29, 0.717) is 5.56 Å². The maximum absolute atomic E-state index is 12.1. The Bertz CT molecular complexity index is 623. The average Bonchev–Trinajstić information content (AvgIpc) is 2.44. The minimum absolute atomic E-state index is 0.127. The third-order valence-corrected chi connectivity index (χ3v) is 2.76. The molecule has 0 aromatic heterocycles. The van der Waals surface area contributed by atoms with Crippen molar-refractivity contribution >= 4 is 22.5 Å². The summed E-state index contributed by atoms with van der Waals surface area (Å²) in [6.07, 6.45) is 1.22. The number of esters is 1. The van der Waals surface area contributed by atoms with Gasteiger partial charge in [0.25, 0.3) is 0 Å². The van der Waals surface area contributed by atoms with E-state index in [9.17, 15) is 9.59 Å². The van der Waals surface area contributed by atoms with E-state index in [1.807, 2.05) is 36.4 Å². The summed E-state index contributed by atoms with van der Waals surface area (Å²) >= 11 is 0. The second kappa shape index (κ2) is 5.96. The fraction of sp³-hybridized carbons (Fsp3) is 0.125. The molecule has 0 unspecified atom stereocenters. The molecule has 2 rings (SSSR count). The molecule has 2 aromatic carbocycles. The van der Waals surface area contributed by atoms with Crippen LogP contribution in [0.1, 0.15) is 16.8 Å². The van der Waals surface area contributed by atoms with E-state index in [1.165, 1.54) is 6.08 Å². The lowest BCUT2D eigenvalue weighted by Crippen LogP contribution is -2.11. The zero-order chi connectivity index (χ0) is 13.7. The normalized spacial score (nSPS) is 10.1. The lowest BCUT2D eigenvalue weighted by Gasteiger charge is -2.05. The Morgan fingerprint density at radius 3 is 2.63 bits per heavy atom. The Morgan fingerprint density at radius 2 is 1.84 bits per heavy atom. The van der Waals surface area contributed by atoms with Gasteiger partial charge in [0.05, 0.1) is 0 Å². The highest BCUT2D eigenvalue weighted by atomic mass is 16.5. The zero-order valence-corrected chi connectivity index (χ0v) is 10.5. The number of rotatable bonds is 5. The maximum Gasteiger partial charge on any atom is 0.314 e. The second-order valence-corrected chi connectivity index (χ2v) is 4.10. The molecule has 0 atom stereocenters. The van der Waals surface area contributed by atoms with Crippen molar-refractivity contribution in [1.29, 1.82) is 0 Å². The van der Waals surface area contributed by atoms with Crippen molar-refractivity contribution in [3.8, 4) is 0 Å². The molecule has 0 fully saturated rings. The Labute approximate surface area is 111 Å². The molecule has 0 spiro atoms. The summed E-state index contributed by atoms with van der Waals surface area (Å²) in [5.74, 6) is -0.760. The molecule has 0 aliphatic heterocycles. The van der Waals surface area contributed by atoms with Crippen LogP contribution in [0.25, 0.3) is 10.8 Å². The topological polar surface area (TPSA) is 43.4 Å². The van der Waals surface area contributed by atoms with Crippen molar-refractivity contribution in [2.24, 2.45) is 0 Å². The van der Waals surface area contributed by atoms with E-state index in [-0.39, 0.29) is 18.8 Å². The van der Waals surface area contributed by atoms with Crippen molar-refractivity contribution in [3.05, 3.63) is 60.7 Å². The molecular formula is C16H14O3. The van der Waals surface area contributed by atoms with Gasteiger partial charge in [-0.1, -0.05) is 55.1 Å². The fourth-order valence-electron chi connectivity index (χ4n) is 1.90. The molecule has 0 heterocycles. The molecule has 0 N–H and O–H groups in total. The molecule has 0 radical (unpaired) electrons. The molecule has 96 valence electrons. The number of ether oxygens (including phenoxy) is 1. The first-order valence-corrected chi connectivity index (χ1v) is 6.00. The highest BCUT2D eigenvalue weighted by molar-refractivity contribution is 6.13. The lowest BCUT2D eigenvalue weighted by molar-refractivity contribution is -0.141. The molecule has 0 saturated heterocycles. The molecule has 3 heteroatoms. The average molecular weight is 254 g/mol. The number of benzene rings is 2. The van der Waals surface area contributed by atoms with Gasteiger partial charge < -0.3 is 4.74 Å². The predicted octanol–water partition coefficient (Wildman–Crippen LogP) is 3.14. The molecule has 19 heavy (non-hydrogen) atoms. The van der Waals surface area contributed by atoms with E-state index in [2.05, 4.69) is 6.58 Å². The van der Waals surface area contributed by atoms with Crippen LogP contribution < -0.4 is 0 Å². The SMILES string of the molecule is C=CCOC(=O)CC(=O)c1cccc2ccccc12. The molecule has 3 nitrogen and oxygen atoms in total. The number of ketones is 1. The Balaban J connectivity index is 2.22. The van der Waals surface area contributed by atoms with Crippen molar-refractivity contribution in [3.63, 3.8) is 0 Å². The van der Waals surface area contributed by atoms with Crippen LogP contribution in [-0.2, 0) is 9.53 Å². The number of fused-ring (bicyclic) bond motifs is 1. The summed E-state index contributed by atoms with van der Waals surface area (Å²) in [6, 6.07) is 13.1. The molecular weight excluding hydrogens is 240 g/mol. The van der Waals surface area contributed by atoms with Crippen molar-refractivity contribution in [2.45, 2.75) is 6.42 Å². The van der Waals surface area contributed by atoms with E-state index in [0.717, 1.165) is 10.8 Å². The number of carbonyl (C=O) groups is 2. The highest BCUT2D eigenvalue weighted by Crippen LogP contribution is 2.19. The van der Waals surface area contributed by atoms with Crippen LogP contribution in [0.2, 0.25) is 0 Å². The lowest BCUT2D eigenvalue weighted by atomic mass is 10.00. The Hall–Kier alpha value is -2.42. The van der Waals surface area contributed by atoms with Crippen LogP contribution in [0.15, 0.2) is 55.1 Å². The van der Waals surface area contributed by atoms with Crippen LogP contribution in [0.4, 0.5) is 0 Å². The molecule has 0 aliphatic rings. The summed E-state index contributed by atoms with van der Waals surface area (Å²) in [5, 5.41) is 1.83. The summed E-state index contributed by atoms with van der Waals surface area (Å²) in [7, 11) is 0. The molecule has 0 bridgehead atoms. The number of hydrogen-bond donors (Lipinski definition) is 0. The van der Waals surface area contributed by atoms with E-state index < -0.39 is 5.97 Å². The van der Waals surface area contributed by atoms with Gasteiger partial charge in [-0.05, 0) is 10.8 Å². The standard InChI is InChI=1S/C16H14O3/c1-2-10-19-16(18)11-15(17)14-9-5-7-12-6-3-4-8-13(12)14/h2-9H,1,10-11H2. The monoisotopic (exact) mass is 254 g/mol. The zero-order valence-electron chi connectivity index (χ0n) is 10.5. The largest absolute Gasteiger partial charge is 0.461 e. The van der Waals surface area contributed by atoms with Crippen LogP contribution in [0.3, 0.4) is 0 Å². The first kappa shape index (κ1) is 13.0. The number of Topliss-reactive ketones (excluding diaryl/α,β-unsaturated/α-hetero) is 1. The van der Waals surface area contributed by atoms with Gasteiger partial charge in [-0.15, -0.1) is 0 Å². The van der Waals surface area contributed by atoms with E-state index in [1.54, 1.807) is 6.07 Å². The third kappa shape index (κ3) is 3.07. The van der Waals surface area contributed by atoms with Crippen LogP contribution >= 0.6 is 0 Å². The summed E-state index contributed by atoms with van der Waals surface area (Å²) in [5.41, 5.74) is 0.550. The van der Waals surface area contributed by atoms with Crippen LogP contribution in [-0.4, -0.2) is 18.4 Å². The van der Waals surface area contributed by atoms with Gasteiger partial charge in [0, 0.05) is 5.56 Å². The van der Waals surface area contributed by atoms with Crippen LogP contribution in [0, 0.1) is 0 Å². The Morgan fingerprint density at radius 1 is 1.11 bits per heavy atom. The van der Waals surface area contributed by atoms with Crippen LogP contribution in [0.5, 0.6) is 0 Å². The molecule has 0 amide bonds. The minimum Gasteiger partial charge on any atom is -0.461 e. The van der Waals surface area contributed by atoms with E-state index >= 15 is 0 Å². The van der Waals surface area contributed by atoms with Gasteiger partial charge in [0.1, 0.15) is 13.0 Å². The van der Waals surface area contributed by atoms with Gasteiger partial charge in [-0.25, -0.2) is 0 Å². The molecule has 0 saturated carbocycles. The van der Waals surface area contributed by atoms with Crippen molar-refractivity contribution in [1.82, 2.24) is 0 Å². The van der Waals surface area contributed by atoms with Gasteiger partial charge in [-0.2, -0.15) is 0 Å². The third-order valence-electron chi connectivity index (χ3n) is 2.76. The predicted molar refractivity (Wildman–Crippen MR) is 74.1 cm³/mol. The number of hydrogen-bond acceptors (Lipinski definition) is 3. The summed E-state index contributed by atoms with van der Waals surface area (Å²) < 4.78 is 4.82. The van der Waals surface area contributed by atoms with E-state index in [4.69, 9.17) is 4.74 Å². The maximum atomic E-state index is 12.1. The second-order valence-electron chi connectivity index (χ2n) is 4.10. The summed E-state index contributed by atoms with van der Waals surface area (Å²) in [6.45, 7) is 3.58. The highest BCUT2D eigenvalue weighted by Gasteiger charge is 2.14. The molecule has 2 aromatic rings. The smallest absolute Gasteiger partial charge is 0.314 e. The quantitative estimate of drug-likeness (QED) is 0.356.